The van der Waals surface area contributed by atoms with E-state index in [-0.39, 0.29) is 18.4 Å². The molecule has 2 aromatic heterocycles. The molecular weight excluding hydrogens is 552 g/mol. The molecule has 0 N–H and O–H groups in total. The molecule has 0 aliphatic carbocycles. The summed E-state index contributed by atoms with van der Waals surface area (Å²) in [7, 11) is 0. The first-order valence-electron chi connectivity index (χ1n) is 14.2. The van der Waals surface area contributed by atoms with Gasteiger partial charge in [0.15, 0.2) is 10.8 Å². The minimum absolute atomic E-state index is 0.239. The largest absolute Gasteiger partial charge is 0.374 e. The Balaban J connectivity index is 1.28. The third-order valence-corrected chi connectivity index (χ3v) is 7.65. The van der Waals surface area contributed by atoms with Crippen LogP contribution in [0.3, 0.4) is 0 Å². The third-order valence-electron chi connectivity index (χ3n) is 7.37. The summed E-state index contributed by atoms with van der Waals surface area (Å²) in [5.74, 6) is 0. The molecule has 1 aliphatic heterocycles. The number of hydrogen-bond acceptors (Lipinski definition) is 7. The van der Waals surface area contributed by atoms with Crippen molar-refractivity contribution in [1.29, 1.82) is 0 Å². The zero-order chi connectivity index (χ0) is 28.6. The summed E-state index contributed by atoms with van der Waals surface area (Å²) in [6.07, 6.45) is 3.08. The molecular formula is C33H33ClN4O4. The number of benzene rings is 3. The molecule has 6 rings (SSSR count). The van der Waals surface area contributed by atoms with Gasteiger partial charge in [0.1, 0.15) is 30.3 Å². The minimum atomic E-state index is -0.430. The van der Waals surface area contributed by atoms with Gasteiger partial charge in [-0.1, -0.05) is 103 Å². The molecule has 5 aromatic rings. The highest BCUT2D eigenvalue weighted by Crippen LogP contribution is 2.33. The van der Waals surface area contributed by atoms with Crippen LogP contribution in [0.25, 0.3) is 11.2 Å². The second-order valence-electron chi connectivity index (χ2n) is 10.3. The first-order valence-corrected chi connectivity index (χ1v) is 14.5. The van der Waals surface area contributed by atoms with Gasteiger partial charge in [0.25, 0.3) is 0 Å². The fraction of sp³-hybridized carbons (Fsp3) is 0.303. The maximum atomic E-state index is 6.81. The van der Waals surface area contributed by atoms with E-state index in [2.05, 4.69) is 39.2 Å². The van der Waals surface area contributed by atoms with Crippen molar-refractivity contribution >= 4 is 22.8 Å². The van der Waals surface area contributed by atoms with Crippen LogP contribution in [0, 0.1) is 0 Å². The van der Waals surface area contributed by atoms with E-state index in [0.717, 1.165) is 16.7 Å². The lowest BCUT2D eigenvalue weighted by Gasteiger charge is -2.32. The van der Waals surface area contributed by atoms with E-state index in [0.29, 0.717) is 55.6 Å². The maximum Gasteiger partial charge on any atom is 0.166 e. The van der Waals surface area contributed by atoms with Gasteiger partial charge in [0.05, 0.1) is 38.9 Å². The Hall–Kier alpha value is -3.66. The van der Waals surface area contributed by atoms with Gasteiger partial charge in [-0.05, 0) is 29.5 Å². The Kier molecular flexibility index (Phi) is 9.49. The molecule has 3 heterocycles. The Morgan fingerprint density at radius 2 is 1.36 bits per heavy atom. The second-order valence-corrected chi connectivity index (χ2v) is 10.7. The molecule has 0 unspecified atom stereocenters. The Morgan fingerprint density at radius 1 is 0.738 bits per heavy atom. The summed E-state index contributed by atoms with van der Waals surface area (Å²) >= 11 is 6.31. The topological polar surface area (TPSA) is 80.5 Å². The lowest BCUT2D eigenvalue weighted by Crippen LogP contribution is -2.43. The number of fused-ring (bicyclic) bond motifs is 1. The quantitative estimate of drug-likeness (QED) is 0.163. The molecule has 4 atom stereocenters. The number of imidazole rings is 1. The molecule has 1 aliphatic rings. The van der Waals surface area contributed by atoms with E-state index in [1.165, 1.54) is 6.33 Å². The summed E-state index contributed by atoms with van der Waals surface area (Å²) < 4.78 is 28.2. The van der Waals surface area contributed by atoms with Crippen molar-refractivity contribution < 1.29 is 18.9 Å². The highest BCUT2D eigenvalue weighted by Gasteiger charge is 2.39. The number of halogens is 1. The van der Waals surface area contributed by atoms with E-state index >= 15 is 0 Å². The molecule has 8 nitrogen and oxygen atoms in total. The summed E-state index contributed by atoms with van der Waals surface area (Å²) in [6.45, 7) is 1.67. The predicted octanol–water partition coefficient (Wildman–Crippen LogP) is 6.54. The van der Waals surface area contributed by atoms with Gasteiger partial charge in [-0.15, -0.1) is 0 Å². The molecule has 0 amide bonds. The predicted molar refractivity (Wildman–Crippen MR) is 160 cm³/mol. The number of hydrogen-bond donors (Lipinski definition) is 0. The third kappa shape index (κ3) is 7.03. The summed E-state index contributed by atoms with van der Waals surface area (Å²) in [6, 6.07) is 30.4. The molecule has 3 aromatic carbocycles. The van der Waals surface area contributed by atoms with Crippen LogP contribution >= 0.6 is 11.6 Å². The molecule has 42 heavy (non-hydrogen) atoms. The Labute approximate surface area is 250 Å². The number of aromatic nitrogens is 4. The van der Waals surface area contributed by atoms with Crippen molar-refractivity contribution in [2.75, 3.05) is 6.61 Å². The van der Waals surface area contributed by atoms with Gasteiger partial charge >= 0.3 is 0 Å². The van der Waals surface area contributed by atoms with Gasteiger partial charge in [-0.2, -0.15) is 0 Å². The molecule has 0 radical (unpaired) electrons. The fourth-order valence-corrected chi connectivity index (χ4v) is 5.41. The summed E-state index contributed by atoms with van der Waals surface area (Å²) in [4.78, 5) is 13.0. The van der Waals surface area contributed by atoms with E-state index in [4.69, 9.17) is 30.5 Å². The van der Waals surface area contributed by atoms with Crippen LogP contribution in [-0.4, -0.2) is 44.4 Å². The molecule has 216 valence electrons. The molecule has 0 bridgehead atoms. The second kappa shape index (κ2) is 14.0. The monoisotopic (exact) mass is 584 g/mol. The Bertz CT molecular complexity index is 1540. The number of rotatable bonds is 11. The molecule has 0 saturated carbocycles. The van der Waals surface area contributed by atoms with Gasteiger partial charge < -0.3 is 18.9 Å². The number of nitrogens with zero attached hydrogens (tertiary/aromatic N) is 4. The van der Waals surface area contributed by atoms with Crippen molar-refractivity contribution in [2.45, 2.75) is 57.2 Å². The van der Waals surface area contributed by atoms with Crippen LogP contribution in [0.4, 0.5) is 0 Å². The standard InChI is InChI=1S/C33H33ClN4O4/c34-32-30-33(36-22-35-32)38(23-37-30)29-17-16-27(40-19-25-12-6-2-7-13-25)31(41-20-26-14-8-3-9-15-26)28(42-29)21-39-18-24-10-4-1-5-11-24/h1-15,22-23,27-29,31H,16-21H2/t27-,28+,29+,31-/m0/s1. The van der Waals surface area contributed by atoms with Crippen molar-refractivity contribution in [3.05, 3.63) is 125 Å². The Morgan fingerprint density at radius 3 is 2.02 bits per heavy atom. The van der Waals surface area contributed by atoms with Crippen molar-refractivity contribution in [2.24, 2.45) is 0 Å². The van der Waals surface area contributed by atoms with Crippen LogP contribution in [0.15, 0.2) is 104 Å². The zero-order valence-corrected chi connectivity index (χ0v) is 23.9. The van der Waals surface area contributed by atoms with E-state index in [9.17, 15) is 0 Å². The van der Waals surface area contributed by atoms with Crippen molar-refractivity contribution in [3.8, 4) is 0 Å². The highest BCUT2D eigenvalue weighted by molar-refractivity contribution is 6.33. The molecule has 1 fully saturated rings. The summed E-state index contributed by atoms with van der Waals surface area (Å²) in [5.41, 5.74) is 4.43. The van der Waals surface area contributed by atoms with E-state index in [1.807, 2.05) is 71.3 Å². The molecule has 1 saturated heterocycles. The van der Waals surface area contributed by atoms with Crippen LogP contribution in [0.1, 0.15) is 35.8 Å². The smallest absolute Gasteiger partial charge is 0.166 e. The van der Waals surface area contributed by atoms with Crippen molar-refractivity contribution in [1.82, 2.24) is 19.5 Å². The average Bonchev–Trinajstić information content (AvgIpc) is 3.40. The molecule has 0 spiro atoms. The van der Waals surface area contributed by atoms with Crippen LogP contribution < -0.4 is 0 Å². The van der Waals surface area contributed by atoms with E-state index in [1.54, 1.807) is 6.33 Å². The summed E-state index contributed by atoms with van der Waals surface area (Å²) in [5, 5.41) is 0.309. The average molecular weight is 585 g/mol. The molecule has 9 heteroatoms. The van der Waals surface area contributed by atoms with Crippen LogP contribution in [0.2, 0.25) is 5.15 Å². The van der Waals surface area contributed by atoms with Crippen molar-refractivity contribution in [3.63, 3.8) is 0 Å². The van der Waals surface area contributed by atoms with Gasteiger partial charge in [-0.3, -0.25) is 4.57 Å². The highest BCUT2D eigenvalue weighted by atomic mass is 35.5. The zero-order valence-electron chi connectivity index (χ0n) is 23.2. The fourth-order valence-electron chi connectivity index (χ4n) is 5.23. The van der Waals surface area contributed by atoms with Gasteiger partial charge in [0.2, 0.25) is 0 Å². The van der Waals surface area contributed by atoms with Crippen LogP contribution in [0.5, 0.6) is 0 Å². The van der Waals surface area contributed by atoms with Gasteiger partial charge in [-0.25, -0.2) is 15.0 Å². The first-order chi connectivity index (χ1) is 20.7. The normalized spacial score (nSPS) is 20.9. The first kappa shape index (κ1) is 28.5. The lowest BCUT2D eigenvalue weighted by molar-refractivity contribution is -0.171. The number of ether oxygens (including phenoxy) is 4. The maximum absolute atomic E-state index is 6.81. The van der Waals surface area contributed by atoms with E-state index < -0.39 is 6.10 Å². The lowest BCUT2D eigenvalue weighted by atomic mass is 10.0. The minimum Gasteiger partial charge on any atom is -0.374 e. The van der Waals surface area contributed by atoms with Gasteiger partial charge in [0, 0.05) is 0 Å². The van der Waals surface area contributed by atoms with Crippen LogP contribution in [-0.2, 0) is 38.8 Å². The SMILES string of the molecule is Clc1ncnc2c1ncn2[C@H]1CC[C@H](OCc2ccccc2)[C@H](OCc2ccccc2)[C@@H](COCc2ccccc2)O1.